The van der Waals surface area contributed by atoms with Gasteiger partial charge in [-0.2, -0.15) is 4.31 Å². The molecule has 32 heavy (non-hydrogen) atoms. The number of hydrogen-bond donors (Lipinski definition) is 1. The molecule has 1 aliphatic heterocycles. The molecule has 1 aliphatic rings. The molecular weight excluding hydrogens is 428 g/mol. The van der Waals surface area contributed by atoms with Gasteiger partial charge in [0.1, 0.15) is 11.5 Å². The Hall–Kier alpha value is -2.58. The number of ether oxygens (including phenoxy) is 2. The zero-order valence-electron chi connectivity index (χ0n) is 19.0. The molecule has 1 fully saturated rings. The lowest BCUT2D eigenvalue weighted by Crippen LogP contribution is -2.28. The van der Waals surface area contributed by atoms with Crippen LogP contribution in [-0.2, 0) is 21.2 Å². The molecule has 2 aromatic rings. The molecule has 7 nitrogen and oxygen atoms in total. The van der Waals surface area contributed by atoms with Crippen LogP contribution in [-0.4, -0.2) is 45.9 Å². The van der Waals surface area contributed by atoms with Gasteiger partial charge in [0.2, 0.25) is 15.9 Å². The molecule has 0 saturated carbocycles. The second-order valence-corrected chi connectivity index (χ2v) is 9.82. The molecule has 0 unspecified atom stereocenters. The number of nitrogens with zero attached hydrogens (tertiary/aromatic N) is 1. The summed E-state index contributed by atoms with van der Waals surface area (Å²) in [7, 11) is -0.358. The number of sulfonamides is 1. The molecule has 3 rings (SSSR count). The Bertz CT molecular complexity index is 1020. The summed E-state index contributed by atoms with van der Waals surface area (Å²) in [4.78, 5) is 12.9. The van der Waals surface area contributed by atoms with Gasteiger partial charge in [0.15, 0.2) is 0 Å². The predicted molar refractivity (Wildman–Crippen MR) is 123 cm³/mol. The fraction of sp³-hybridized carbons (Fsp3) is 0.458. The van der Waals surface area contributed by atoms with Crippen LogP contribution in [0.25, 0.3) is 0 Å². The van der Waals surface area contributed by atoms with Crippen molar-refractivity contribution in [3.8, 4) is 11.5 Å². The van der Waals surface area contributed by atoms with Crippen LogP contribution >= 0.6 is 0 Å². The summed E-state index contributed by atoms with van der Waals surface area (Å²) in [5.74, 6) is 1.26. The van der Waals surface area contributed by atoms with E-state index in [4.69, 9.17) is 9.47 Å². The van der Waals surface area contributed by atoms with Crippen LogP contribution in [0.2, 0.25) is 0 Å². The third-order valence-corrected chi connectivity index (χ3v) is 7.73. The van der Waals surface area contributed by atoms with E-state index in [0.717, 1.165) is 30.6 Å². The van der Waals surface area contributed by atoms with E-state index in [9.17, 15) is 13.2 Å². The van der Waals surface area contributed by atoms with Crippen LogP contribution < -0.4 is 14.8 Å². The molecule has 1 atom stereocenters. The Labute approximate surface area is 190 Å². The van der Waals surface area contributed by atoms with Crippen LogP contribution in [0.1, 0.15) is 49.8 Å². The molecule has 0 aliphatic carbocycles. The average molecular weight is 461 g/mol. The second kappa shape index (κ2) is 10.8. The van der Waals surface area contributed by atoms with Crippen molar-refractivity contribution in [1.29, 1.82) is 0 Å². The van der Waals surface area contributed by atoms with Gasteiger partial charge < -0.3 is 14.8 Å². The normalized spacial score (nSPS) is 15.3. The molecule has 0 spiro atoms. The van der Waals surface area contributed by atoms with Crippen LogP contribution in [0.3, 0.4) is 0 Å². The average Bonchev–Trinajstić information content (AvgIpc) is 3.37. The molecule has 0 aromatic heterocycles. The first-order chi connectivity index (χ1) is 15.4. The molecule has 1 saturated heterocycles. The molecular formula is C24H32N2O5S. The third kappa shape index (κ3) is 5.61. The molecule has 1 heterocycles. The first kappa shape index (κ1) is 24.1. The standard InChI is InChI=1S/C24H32N2O5S/c1-4-22(18-7-10-20(30-2)11-8-18)25-24(27)14-9-19-17-21(12-13-23(19)31-3)32(28,29)26-15-5-6-16-26/h7-8,10-13,17,22H,4-6,9,14-16H2,1-3H3,(H,25,27)/t22-/m1/s1. The minimum absolute atomic E-state index is 0.0949. The maximum absolute atomic E-state index is 12.9. The van der Waals surface area contributed by atoms with Gasteiger partial charge in [0.25, 0.3) is 0 Å². The topological polar surface area (TPSA) is 84.9 Å². The van der Waals surface area contributed by atoms with Gasteiger partial charge in [-0.3, -0.25) is 4.79 Å². The van der Waals surface area contributed by atoms with Gasteiger partial charge in [-0.1, -0.05) is 19.1 Å². The number of hydrogen-bond acceptors (Lipinski definition) is 5. The maximum Gasteiger partial charge on any atom is 0.243 e. The zero-order chi connectivity index (χ0) is 23.1. The van der Waals surface area contributed by atoms with E-state index in [1.165, 1.54) is 4.31 Å². The number of carbonyl (C=O) groups excluding carboxylic acids is 1. The second-order valence-electron chi connectivity index (χ2n) is 7.89. The van der Waals surface area contributed by atoms with Crippen molar-refractivity contribution in [2.45, 2.75) is 50.0 Å². The van der Waals surface area contributed by atoms with E-state index in [1.807, 2.05) is 31.2 Å². The SMILES string of the molecule is CC[C@@H](NC(=O)CCc1cc(S(=O)(=O)N2CCCC2)ccc1OC)c1ccc(OC)cc1. The maximum atomic E-state index is 12.9. The van der Waals surface area contributed by atoms with Crippen LogP contribution in [0.4, 0.5) is 0 Å². The molecule has 8 heteroatoms. The van der Waals surface area contributed by atoms with Crippen molar-refractivity contribution in [3.63, 3.8) is 0 Å². The largest absolute Gasteiger partial charge is 0.497 e. The van der Waals surface area contributed by atoms with Gasteiger partial charge in [-0.25, -0.2) is 8.42 Å². The van der Waals surface area contributed by atoms with Crippen molar-refractivity contribution in [3.05, 3.63) is 53.6 Å². The highest BCUT2D eigenvalue weighted by molar-refractivity contribution is 7.89. The minimum Gasteiger partial charge on any atom is -0.497 e. The number of amides is 1. The number of carbonyl (C=O) groups is 1. The number of benzene rings is 2. The molecule has 174 valence electrons. The van der Waals surface area contributed by atoms with E-state index in [0.29, 0.717) is 30.8 Å². The Morgan fingerprint density at radius 3 is 2.34 bits per heavy atom. The van der Waals surface area contributed by atoms with Gasteiger partial charge in [-0.05, 0) is 67.1 Å². The van der Waals surface area contributed by atoms with Gasteiger partial charge in [-0.15, -0.1) is 0 Å². The van der Waals surface area contributed by atoms with E-state index in [-0.39, 0.29) is 23.3 Å². The molecule has 1 N–H and O–H groups in total. The number of aryl methyl sites for hydroxylation is 1. The van der Waals surface area contributed by atoms with Crippen LogP contribution in [0.5, 0.6) is 11.5 Å². The fourth-order valence-electron chi connectivity index (χ4n) is 3.96. The van der Waals surface area contributed by atoms with E-state index < -0.39 is 10.0 Å². The Morgan fingerprint density at radius 1 is 1.06 bits per heavy atom. The lowest BCUT2D eigenvalue weighted by atomic mass is 10.0. The molecule has 1 amide bonds. The van der Waals surface area contributed by atoms with Gasteiger partial charge in [0.05, 0.1) is 25.2 Å². The minimum atomic E-state index is -3.52. The van der Waals surface area contributed by atoms with E-state index in [1.54, 1.807) is 32.4 Å². The van der Waals surface area contributed by atoms with Gasteiger partial charge in [0, 0.05) is 19.5 Å². The van der Waals surface area contributed by atoms with E-state index in [2.05, 4.69) is 5.32 Å². The summed E-state index contributed by atoms with van der Waals surface area (Å²) in [6.07, 6.45) is 3.14. The zero-order valence-corrected chi connectivity index (χ0v) is 19.8. The fourth-order valence-corrected chi connectivity index (χ4v) is 5.53. The molecule has 0 bridgehead atoms. The van der Waals surface area contributed by atoms with Crippen LogP contribution in [0, 0.1) is 0 Å². The Morgan fingerprint density at radius 2 is 1.75 bits per heavy atom. The summed E-state index contributed by atoms with van der Waals surface area (Å²) in [5, 5.41) is 3.07. The Balaban J connectivity index is 1.68. The lowest BCUT2D eigenvalue weighted by molar-refractivity contribution is -0.121. The quantitative estimate of drug-likeness (QED) is 0.585. The van der Waals surface area contributed by atoms with Crippen molar-refractivity contribution in [2.24, 2.45) is 0 Å². The monoisotopic (exact) mass is 460 g/mol. The lowest BCUT2D eigenvalue weighted by Gasteiger charge is -2.19. The Kier molecular flexibility index (Phi) is 8.15. The third-order valence-electron chi connectivity index (χ3n) is 5.84. The molecule has 2 aromatic carbocycles. The van der Waals surface area contributed by atoms with Crippen molar-refractivity contribution >= 4 is 15.9 Å². The first-order valence-electron chi connectivity index (χ1n) is 11.0. The summed E-state index contributed by atoms with van der Waals surface area (Å²) in [6.45, 7) is 3.12. The highest BCUT2D eigenvalue weighted by atomic mass is 32.2. The number of nitrogens with one attached hydrogen (secondary N) is 1. The first-order valence-corrected chi connectivity index (χ1v) is 12.4. The summed E-state index contributed by atoms with van der Waals surface area (Å²) >= 11 is 0. The highest BCUT2D eigenvalue weighted by Gasteiger charge is 2.28. The number of rotatable bonds is 10. The van der Waals surface area contributed by atoms with E-state index >= 15 is 0 Å². The predicted octanol–water partition coefficient (Wildman–Crippen LogP) is 3.69. The molecule has 0 radical (unpaired) electrons. The smallest absolute Gasteiger partial charge is 0.243 e. The van der Waals surface area contributed by atoms with Crippen molar-refractivity contribution in [2.75, 3.05) is 27.3 Å². The summed E-state index contributed by atoms with van der Waals surface area (Å²) in [5.41, 5.74) is 1.72. The number of methoxy groups -OCH3 is 2. The highest BCUT2D eigenvalue weighted by Crippen LogP contribution is 2.27. The van der Waals surface area contributed by atoms with Crippen molar-refractivity contribution in [1.82, 2.24) is 9.62 Å². The van der Waals surface area contributed by atoms with Gasteiger partial charge >= 0.3 is 0 Å². The van der Waals surface area contributed by atoms with Crippen molar-refractivity contribution < 1.29 is 22.7 Å². The summed E-state index contributed by atoms with van der Waals surface area (Å²) < 4.78 is 37.9. The van der Waals surface area contributed by atoms with Crippen LogP contribution in [0.15, 0.2) is 47.4 Å². The summed E-state index contributed by atoms with van der Waals surface area (Å²) in [6, 6.07) is 12.4.